The average Bonchev–Trinajstić information content (AvgIpc) is 2.53. The first-order valence-corrected chi connectivity index (χ1v) is 6.61. The molecular formula is C15H15N5. The van der Waals surface area contributed by atoms with E-state index in [2.05, 4.69) is 44.5 Å². The average molecular weight is 265 g/mol. The summed E-state index contributed by atoms with van der Waals surface area (Å²) >= 11 is 0. The van der Waals surface area contributed by atoms with Gasteiger partial charge in [-0.15, -0.1) is 0 Å². The first-order valence-electron chi connectivity index (χ1n) is 6.61. The SMILES string of the molecule is N#CCNc1cc(N2CCc3ccccc3C2)ncn1. The van der Waals surface area contributed by atoms with E-state index in [1.165, 1.54) is 17.5 Å². The molecule has 5 nitrogen and oxygen atoms in total. The van der Waals surface area contributed by atoms with Crippen LogP contribution in [0.5, 0.6) is 0 Å². The van der Waals surface area contributed by atoms with Crippen LogP contribution in [0.4, 0.5) is 11.6 Å². The van der Waals surface area contributed by atoms with Crippen LogP contribution in [0.2, 0.25) is 0 Å². The molecule has 100 valence electrons. The number of nitriles is 1. The zero-order valence-electron chi connectivity index (χ0n) is 11.1. The molecule has 0 fully saturated rings. The Labute approximate surface area is 117 Å². The van der Waals surface area contributed by atoms with Crippen molar-refractivity contribution < 1.29 is 0 Å². The van der Waals surface area contributed by atoms with Gasteiger partial charge in [0, 0.05) is 19.2 Å². The summed E-state index contributed by atoms with van der Waals surface area (Å²) in [6.07, 6.45) is 2.57. The van der Waals surface area contributed by atoms with Crippen LogP contribution in [0.15, 0.2) is 36.7 Å². The van der Waals surface area contributed by atoms with Crippen molar-refractivity contribution in [3.63, 3.8) is 0 Å². The van der Waals surface area contributed by atoms with Crippen LogP contribution in [0.25, 0.3) is 0 Å². The van der Waals surface area contributed by atoms with Gasteiger partial charge >= 0.3 is 0 Å². The molecule has 0 bridgehead atoms. The Bertz CT molecular complexity index is 647. The molecule has 1 aliphatic heterocycles. The van der Waals surface area contributed by atoms with E-state index >= 15 is 0 Å². The van der Waals surface area contributed by atoms with Gasteiger partial charge in [0.05, 0.1) is 6.07 Å². The fourth-order valence-electron chi connectivity index (χ4n) is 2.44. The molecule has 0 atom stereocenters. The van der Waals surface area contributed by atoms with Crippen molar-refractivity contribution in [1.29, 1.82) is 5.26 Å². The van der Waals surface area contributed by atoms with Crippen LogP contribution in [0.1, 0.15) is 11.1 Å². The van der Waals surface area contributed by atoms with E-state index in [-0.39, 0.29) is 6.54 Å². The van der Waals surface area contributed by atoms with Gasteiger partial charge in [-0.2, -0.15) is 5.26 Å². The van der Waals surface area contributed by atoms with Gasteiger partial charge in [0.15, 0.2) is 0 Å². The summed E-state index contributed by atoms with van der Waals surface area (Å²) in [4.78, 5) is 10.7. The van der Waals surface area contributed by atoms with E-state index in [0.717, 1.165) is 25.3 Å². The van der Waals surface area contributed by atoms with Crippen LogP contribution in [0.3, 0.4) is 0 Å². The fourth-order valence-corrected chi connectivity index (χ4v) is 2.44. The predicted molar refractivity (Wildman–Crippen MR) is 77.3 cm³/mol. The van der Waals surface area contributed by atoms with Gasteiger partial charge in [-0.3, -0.25) is 0 Å². The highest BCUT2D eigenvalue weighted by molar-refractivity contribution is 5.50. The van der Waals surface area contributed by atoms with Crippen molar-refractivity contribution >= 4 is 11.6 Å². The van der Waals surface area contributed by atoms with Gasteiger partial charge in [-0.25, -0.2) is 9.97 Å². The lowest BCUT2D eigenvalue weighted by Gasteiger charge is -2.29. The van der Waals surface area contributed by atoms with Crippen LogP contribution in [0, 0.1) is 11.3 Å². The number of benzene rings is 1. The van der Waals surface area contributed by atoms with Crippen LogP contribution >= 0.6 is 0 Å². The number of fused-ring (bicyclic) bond motifs is 1. The normalized spacial score (nSPS) is 13.4. The summed E-state index contributed by atoms with van der Waals surface area (Å²) in [6.45, 7) is 2.07. The summed E-state index contributed by atoms with van der Waals surface area (Å²) in [6, 6.07) is 12.4. The molecular weight excluding hydrogens is 250 g/mol. The third-order valence-corrected chi connectivity index (χ3v) is 3.46. The summed E-state index contributed by atoms with van der Waals surface area (Å²) in [7, 11) is 0. The van der Waals surface area contributed by atoms with E-state index in [9.17, 15) is 0 Å². The molecule has 0 unspecified atom stereocenters. The molecule has 0 radical (unpaired) electrons. The lowest BCUT2D eigenvalue weighted by molar-refractivity contribution is 0.719. The monoisotopic (exact) mass is 265 g/mol. The maximum Gasteiger partial charge on any atom is 0.134 e. The van der Waals surface area contributed by atoms with E-state index in [4.69, 9.17) is 5.26 Å². The maximum atomic E-state index is 8.59. The number of hydrogen-bond acceptors (Lipinski definition) is 5. The van der Waals surface area contributed by atoms with Crippen molar-refractivity contribution in [3.8, 4) is 6.07 Å². The van der Waals surface area contributed by atoms with Crippen LogP contribution < -0.4 is 10.2 Å². The highest BCUT2D eigenvalue weighted by Gasteiger charge is 2.17. The Morgan fingerprint density at radius 2 is 2.10 bits per heavy atom. The van der Waals surface area contributed by atoms with E-state index < -0.39 is 0 Å². The molecule has 2 aromatic rings. The Morgan fingerprint density at radius 3 is 2.95 bits per heavy atom. The number of anilines is 2. The lowest BCUT2D eigenvalue weighted by Crippen LogP contribution is -2.31. The number of hydrogen-bond donors (Lipinski definition) is 1. The summed E-state index contributed by atoms with van der Waals surface area (Å²) in [5.74, 6) is 1.59. The Morgan fingerprint density at radius 1 is 1.25 bits per heavy atom. The summed E-state index contributed by atoms with van der Waals surface area (Å²) in [5.41, 5.74) is 2.77. The zero-order chi connectivity index (χ0) is 13.8. The first-order chi connectivity index (χ1) is 9.86. The quantitative estimate of drug-likeness (QED) is 0.860. The third kappa shape index (κ3) is 2.54. The smallest absolute Gasteiger partial charge is 0.134 e. The molecule has 0 saturated carbocycles. The van der Waals surface area contributed by atoms with Crippen molar-refractivity contribution in [2.24, 2.45) is 0 Å². The summed E-state index contributed by atoms with van der Waals surface area (Å²) in [5, 5.41) is 11.5. The molecule has 1 aromatic carbocycles. The molecule has 1 aromatic heterocycles. The minimum Gasteiger partial charge on any atom is -0.357 e. The molecule has 0 aliphatic carbocycles. The topological polar surface area (TPSA) is 64.8 Å². The molecule has 2 heterocycles. The second-order valence-corrected chi connectivity index (χ2v) is 4.71. The second kappa shape index (κ2) is 5.57. The van der Waals surface area contributed by atoms with Crippen LogP contribution in [-0.2, 0) is 13.0 Å². The maximum absolute atomic E-state index is 8.59. The molecule has 1 aliphatic rings. The van der Waals surface area contributed by atoms with Crippen LogP contribution in [-0.4, -0.2) is 23.1 Å². The second-order valence-electron chi connectivity index (χ2n) is 4.71. The van der Waals surface area contributed by atoms with E-state index in [1.807, 2.05) is 12.1 Å². The molecule has 20 heavy (non-hydrogen) atoms. The summed E-state index contributed by atoms with van der Waals surface area (Å²) < 4.78 is 0. The van der Waals surface area contributed by atoms with Crippen molar-refractivity contribution in [3.05, 3.63) is 47.8 Å². The van der Waals surface area contributed by atoms with Gasteiger partial charge in [0.1, 0.15) is 24.5 Å². The number of nitrogens with zero attached hydrogens (tertiary/aromatic N) is 4. The molecule has 5 heteroatoms. The molecule has 3 rings (SSSR count). The van der Waals surface area contributed by atoms with E-state index in [0.29, 0.717) is 5.82 Å². The van der Waals surface area contributed by atoms with Crippen molar-refractivity contribution in [2.45, 2.75) is 13.0 Å². The Hall–Kier alpha value is -2.61. The Balaban J connectivity index is 1.79. The minimum atomic E-state index is 0.249. The fraction of sp³-hybridized carbons (Fsp3) is 0.267. The lowest BCUT2D eigenvalue weighted by atomic mass is 10.00. The number of aromatic nitrogens is 2. The van der Waals surface area contributed by atoms with Gasteiger partial charge in [-0.05, 0) is 17.5 Å². The molecule has 0 amide bonds. The predicted octanol–water partition coefficient (Wildman–Crippen LogP) is 1.97. The number of nitrogens with one attached hydrogen (secondary N) is 1. The van der Waals surface area contributed by atoms with Gasteiger partial charge in [-0.1, -0.05) is 24.3 Å². The van der Waals surface area contributed by atoms with Crippen molar-refractivity contribution in [2.75, 3.05) is 23.3 Å². The highest BCUT2D eigenvalue weighted by atomic mass is 15.2. The number of rotatable bonds is 3. The van der Waals surface area contributed by atoms with Crippen molar-refractivity contribution in [1.82, 2.24) is 9.97 Å². The first kappa shape index (κ1) is 12.4. The largest absolute Gasteiger partial charge is 0.357 e. The minimum absolute atomic E-state index is 0.249. The Kier molecular flexibility index (Phi) is 3.46. The molecule has 0 saturated heterocycles. The third-order valence-electron chi connectivity index (χ3n) is 3.46. The van der Waals surface area contributed by atoms with E-state index in [1.54, 1.807) is 0 Å². The standard InChI is InChI=1S/C15H15N5/c16-6-7-17-14-9-15(19-11-18-14)20-8-5-12-3-1-2-4-13(12)10-20/h1-4,9,11H,5,7-8,10H2,(H,17,18,19). The zero-order valence-corrected chi connectivity index (χ0v) is 11.1. The van der Waals surface area contributed by atoms with Gasteiger partial charge < -0.3 is 10.2 Å². The highest BCUT2D eigenvalue weighted by Crippen LogP contribution is 2.23. The van der Waals surface area contributed by atoms with Gasteiger partial charge in [0.25, 0.3) is 0 Å². The molecule has 0 spiro atoms. The molecule has 1 N–H and O–H groups in total. The van der Waals surface area contributed by atoms with Gasteiger partial charge in [0.2, 0.25) is 0 Å².